The summed E-state index contributed by atoms with van der Waals surface area (Å²) >= 11 is 5.90. The van der Waals surface area contributed by atoms with Gasteiger partial charge in [0.15, 0.2) is 11.3 Å². The van der Waals surface area contributed by atoms with Crippen molar-refractivity contribution >= 4 is 34.4 Å². The van der Waals surface area contributed by atoms with Gasteiger partial charge in [-0.1, -0.05) is 18.0 Å². The molecule has 0 bridgehead atoms. The summed E-state index contributed by atoms with van der Waals surface area (Å²) in [6.45, 7) is 0. The highest BCUT2D eigenvalue weighted by Crippen LogP contribution is 2.22. The van der Waals surface area contributed by atoms with Crippen molar-refractivity contribution in [3.05, 3.63) is 46.4 Å². The van der Waals surface area contributed by atoms with Crippen molar-refractivity contribution in [2.24, 2.45) is 0 Å². The molecule has 24 heavy (non-hydrogen) atoms. The molecule has 0 saturated heterocycles. The largest absolute Gasteiger partial charge is 0.305 e. The van der Waals surface area contributed by atoms with Gasteiger partial charge >= 0.3 is 0 Å². The monoisotopic (exact) mass is 341 g/mol. The van der Waals surface area contributed by atoms with Crippen LogP contribution >= 0.6 is 11.6 Å². The maximum absolute atomic E-state index is 12.6. The molecule has 3 heterocycles. The lowest BCUT2D eigenvalue weighted by Gasteiger charge is -2.05. The third-order valence-corrected chi connectivity index (χ3v) is 4.49. The van der Waals surface area contributed by atoms with Gasteiger partial charge in [0.1, 0.15) is 11.0 Å². The zero-order valence-electron chi connectivity index (χ0n) is 13.0. The number of aromatic amines is 1. The number of nitrogens with zero attached hydrogens (tertiary/aromatic N) is 3. The van der Waals surface area contributed by atoms with Crippen LogP contribution in [0, 0.1) is 0 Å². The number of fused-ring (bicyclic) bond motifs is 2. The molecule has 1 aliphatic carbocycles. The molecule has 2 N–H and O–H groups in total. The SMILES string of the molecule is O=C(Nc1ccc2ccc(Cl)nc2n1)c1n[nH]c2c1CCCCC2. The quantitative estimate of drug-likeness (QED) is 0.551. The second-order valence-corrected chi connectivity index (χ2v) is 6.31. The van der Waals surface area contributed by atoms with Crippen LogP contribution in [-0.2, 0) is 12.8 Å². The van der Waals surface area contributed by atoms with Crippen molar-refractivity contribution in [1.29, 1.82) is 0 Å². The molecule has 6 nitrogen and oxygen atoms in total. The van der Waals surface area contributed by atoms with E-state index in [1.807, 2.05) is 12.1 Å². The summed E-state index contributed by atoms with van der Waals surface area (Å²) in [6, 6.07) is 7.16. The Hall–Kier alpha value is -2.47. The summed E-state index contributed by atoms with van der Waals surface area (Å²) in [5, 5.41) is 11.3. The minimum atomic E-state index is -0.247. The highest BCUT2D eigenvalue weighted by molar-refractivity contribution is 6.29. The van der Waals surface area contributed by atoms with Gasteiger partial charge < -0.3 is 5.32 Å². The lowest BCUT2D eigenvalue weighted by molar-refractivity contribution is 0.102. The van der Waals surface area contributed by atoms with Crippen LogP contribution in [0.4, 0.5) is 5.82 Å². The van der Waals surface area contributed by atoms with E-state index in [9.17, 15) is 4.79 Å². The number of rotatable bonds is 2. The van der Waals surface area contributed by atoms with Gasteiger partial charge in [-0.25, -0.2) is 9.97 Å². The van der Waals surface area contributed by atoms with Gasteiger partial charge in [0.05, 0.1) is 0 Å². The number of carbonyl (C=O) groups excluding carboxylic acids is 1. The normalized spacial score (nSPS) is 14.2. The summed E-state index contributed by atoms with van der Waals surface area (Å²) in [5.41, 5.74) is 3.08. The molecule has 0 fully saturated rings. The van der Waals surface area contributed by atoms with E-state index in [4.69, 9.17) is 11.6 Å². The number of hydrogen-bond acceptors (Lipinski definition) is 4. The number of pyridine rings is 2. The molecular weight excluding hydrogens is 326 g/mol. The first-order valence-corrected chi connectivity index (χ1v) is 8.39. The van der Waals surface area contributed by atoms with Gasteiger partial charge in [-0.3, -0.25) is 9.89 Å². The Morgan fingerprint density at radius 2 is 1.92 bits per heavy atom. The number of nitrogens with one attached hydrogen (secondary N) is 2. The second kappa shape index (κ2) is 6.20. The van der Waals surface area contributed by atoms with Crippen LogP contribution in [0.3, 0.4) is 0 Å². The first kappa shape index (κ1) is 15.1. The van der Waals surface area contributed by atoms with Crippen LogP contribution in [-0.4, -0.2) is 26.1 Å². The maximum atomic E-state index is 12.6. The van der Waals surface area contributed by atoms with Crippen LogP contribution in [0.25, 0.3) is 11.0 Å². The zero-order chi connectivity index (χ0) is 16.5. The number of carbonyl (C=O) groups is 1. The molecule has 0 atom stereocenters. The molecular formula is C17H16ClN5O. The molecule has 0 spiro atoms. The Morgan fingerprint density at radius 1 is 1.08 bits per heavy atom. The minimum absolute atomic E-state index is 0.247. The van der Waals surface area contributed by atoms with Crippen LogP contribution in [0.15, 0.2) is 24.3 Å². The van der Waals surface area contributed by atoms with Gasteiger partial charge in [0, 0.05) is 16.6 Å². The van der Waals surface area contributed by atoms with E-state index in [0.717, 1.165) is 42.3 Å². The fourth-order valence-corrected chi connectivity index (χ4v) is 3.21. The highest BCUT2D eigenvalue weighted by Gasteiger charge is 2.21. The Kier molecular flexibility index (Phi) is 3.90. The standard InChI is InChI=1S/C17H16ClN5O/c18-13-8-6-10-7-9-14(20-16(10)19-13)21-17(24)15-11-4-2-1-3-5-12(11)22-23-15/h6-9H,1-5H2,(H,22,23)(H,19,20,21,24). The number of H-pyrrole nitrogens is 1. The molecule has 4 rings (SSSR count). The van der Waals surface area contributed by atoms with Gasteiger partial charge in [-0.15, -0.1) is 0 Å². The van der Waals surface area contributed by atoms with Crippen molar-refractivity contribution in [2.45, 2.75) is 32.1 Å². The summed E-state index contributed by atoms with van der Waals surface area (Å²) in [4.78, 5) is 21.1. The molecule has 0 unspecified atom stereocenters. The molecule has 0 aliphatic heterocycles. The van der Waals surface area contributed by atoms with Gasteiger partial charge in [0.2, 0.25) is 0 Å². The Labute approximate surface area is 143 Å². The summed E-state index contributed by atoms with van der Waals surface area (Å²) in [6.07, 6.45) is 5.24. The molecule has 3 aromatic rings. The van der Waals surface area contributed by atoms with E-state index < -0.39 is 0 Å². The first-order chi connectivity index (χ1) is 11.7. The first-order valence-electron chi connectivity index (χ1n) is 8.01. The predicted molar refractivity (Wildman–Crippen MR) is 92.3 cm³/mol. The molecule has 0 aromatic carbocycles. The smallest absolute Gasteiger partial charge is 0.277 e. The fourth-order valence-electron chi connectivity index (χ4n) is 3.07. The number of amides is 1. The molecule has 3 aromatic heterocycles. The molecule has 0 saturated carbocycles. The van der Waals surface area contributed by atoms with Crippen molar-refractivity contribution in [3.63, 3.8) is 0 Å². The van der Waals surface area contributed by atoms with Crippen LogP contribution in [0.1, 0.15) is 41.0 Å². The van der Waals surface area contributed by atoms with Crippen LogP contribution in [0.2, 0.25) is 5.15 Å². The van der Waals surface area contributed by atoms with E-state index in [2.05, 4.69) is 25.5 Å². The average Bonchev–Trinajstić information content (AvgIpc) is 2.83. The second-order valence-electron chi connectivity index (χ2n) is 5.92. The lowest BCUT2D eigenvalue weighted by Crippen LogP contribution is -2.15. The highest BCUT2D eigenvalue weighted by atomic mass is 35.5. The van der Waals surface area contributed by atoms with Crippen LogP contribution < -0.4 is 5.32 Å². The summed E-state index contributed by atoms with van der Waals surface area (Å²) < 4.78 is 0. The number of hydrogen-bond donors (Lipinski definition) is 2. The van der Waals surface area contributed by atoms with E-state index in [-0.39, 0.29) is 5.91 Å². The van der Waals surface area contributed by atoms with Gasteiger partial charge in [0.25, 0.3) is 5.91 Å². The third kappa shape index (κ3) is 2.85. The van der Waals surface area contributed by atoms with E-state index >= 15 is 0 Å². The third-order valence-electron chi connectivity index (χ3n) is 4.28. The van der Waals surface area contributed by atoms with Crippen molar-refractivity contribution in [1.82, 2.24) is 20.2 Å². The zero-order valence-corrected chi connectivity index (χ0v) is 13.7. The Bertz CT molecular complexity index is 920. The van der Waals surface area contributed by atoms with Crippen molar-refractivity contribution in [2.75, 3.05) is 5.32 Å². The Balaban J connectivity index is 1.61. The average molecular weight is 342 g/mol. The lowest BCUT2D eigenvalue weighted by atomic mass is 10.1. The number of aryl methyl sites for hydroxylation is 1. The van der Waals surface area contributed by atoms with Gasteiger partial charge in [-0.2, -0.15) is 5.10 Å². The summed E-state index contributed by atoms with van der Waals surface area (Å²) in [7, 11) is 0. The molecule has 7 heteroatoms. The predicted octanol–water partition coefficient (Wildman–Crippen LogP) is 3.53. The Morgan fingerprint density at radius 3 is 2.83 bits per heavy atom. The van der Waals surface area contributed by atoms with Gasteiger partial charge in [-0.05, 0) is 49.9 Å². The summed E-state index contributed by atoms with van der Waals surface area (Å²) in [5.74, 6) is 0.191. The minimum Gasteiger partial charge on any atom is -0.305 e. The van der Waals surface area contributed by atoms with E-state index in [0.29, 0.717) is 22.3 Å². The molecule has 1 aliphatic rings. The van der Waals surface area contributed by atoms with E-state index in [1.165, 1.54) is 6.42 Å². The van der Waals surface area contributed by atoms with Crippen LogP contribution in [0.5, 0.6) is 0 Å². The molecule has 1 amide bonds. The van der Waals surface area contributed by atoms with E-state index in [1.54, 1.807) is 12.1 Å². The number of aromatic nitrogens is 4. The molecule has 122 valence electrons. The maximum Gasteiger partial charge on any atom is 0.277 e. The topological polar surface area (TPSA) is 83.6 Å². The number of halogens is 1. The fraction of sp³-hybridized carbons (Fsp3) is 0.294. The number of anilines is 1. The molecule has 0 radical (unpaired) electrons. The van der Waals surface area contributed by atoms with Crippen molar-refractivity contribution in [3.8, 4) is 0 Å². The van der Waals surface area contributed by atoms with Crippen molar-refractivity contribution < 1.29 is 4.79 Å².